The van der Waals surface area contributed by atoms with Crippen LogP contribution < -0.4 is 5.56 Å². The Morgan fingerprint density at radius 1 is 1.50 bits per heavy atom. The summed E-state index contributed by atoms with van der Waals surface area (Å²) in [5.74, 6) is 2.52. The molecule has 0 radical (unpaired) electrons. The summed E-state index contributed by atoms with van der Waals surface area (Å²) < 4.78 is 6.94. The third-order valence-corrected chi connectivity index (χ3v) is 3.61. The first kappa shape index (κ1) is 16.2. The standard InChI is InChI=1S/C16H23N3O3/c1-6-7-8-19-14(20)12-10-18(11(2)9-13(12)17-19)15(21)22-16(3,4)5/h1,11,17H,7-10H2,2-5H3/t11-/m1/s1. The van der Waals surface area contributed by atoms with Crippen LogP contribution in [0, 0.1) is 12.3 Å². The molecule has 0 aliphatic carbocycles. The largest absolute Gasteiger partial charge is 0.444 e. The number of fused-ring (bicyclic) bond motifs is 1. The molecule has 0 saturated heterocycles. The lowest BCUT2D eigenvalue weighted by atomic mass is 10.0. The highest BCUT2D eigenvalue weighted by Crippen LogP contribution is 2.22. The Morgan fingerprint density at radius 3 is 2.77 bits per heavy atom. The van der Waals surface area contributed by atoms with Crippen LogP contribution in [-0.4, -0.2) is 32.4 Å². The molecule has 1 aromatic rings. The van der Waals surface area contributed by atoms with Gasteiger partial charge in [-0.15, -0.1) is 12.3 Å². The summed E-state index contributed by atoms with van der Waals surface area (Å²) in [6.45, 7) is 8.16. The van der Waals surface area contributed by atoms with E-state index in [1.54, 1.807) is 4.90 Å². The van der Waals surface area contributed by atoms with Crippen LogP contribution in [0.15, 0.2) is 4.79 Å². The lowest BCUT2D eigenvalue weighted by molar-refractivity contribution is 0.0137. The topological polar surface area (TPSA) is 67.3 Å². The number of aromatic amines is 1. The SMILES string of the molecule is C#CCCn1[nH]c2c(c1=O)CN(C(=O)OC(C)(C)C)[C@H](C)C2. The number of nitrogens with zero attached hydrogens (tertiary/aromatic N) is 2. The zero-order chi connectivity index (χ0) is 16.5. The minimum Gasteiger partial charge on any atom is -0.444 e. The van der Waals surface area contributed by atoms with Gasteiger partial charge in [-0.3, -0.25) is 14.6 Å². The quantitative estimate of drug-likeness (QED) is 0.848. The summed E-state index contributed by atoms with van der Waals surface area (Å²) in [5.41, 5.74) is 0.850. The normalized spacial score (nSPS) is 17.8. The van der Waals surface area contributed by atoms with Crippen molar-refractivity contribution < 1.29 is 9.53 Å². The van der Waals surface area contributed by atoms with Gasteiger partial charge in [0.25, 0.3) is 5.56 Å². The molecule has 6 nitrogen and oxygen atoms in total. The zero-order valence-electron chi connectivity index (χ0n) is 13.6. The summed E-state index contributed by atoms with van der Waals surface area (Å²) >= 11 is 0. The summed E-state index contributed by atoms with van der Waals surface area (Å²) in [5, 5.41) is 3.10. The smallest absolute Gasteiger partial charge is 0.410 e. The predicted octanol–water partition coefficient (Wildman–Crippen LogP) is 1.88. The molecule has 1 aliphatic heterocycles. The third kappa shape index (κ3) is 3.35. The number of amides is 1. The molecule has 1 N–H and O–H groups in total. The van der Waals surface area contributed by atoms with E-state index < -0.39 is 5.60 Å². The van der Waals surface area contributed by atoms with E-state index in [9.17, 15) is 9.59 Å². The second-order valence-corrected chi connectivity index (χ2v) is 6.64. The molecule has 0 saturated carbocycles. The van der Waals surface area contributed by atoms with Gasteiger partial charge in [-0.2, -0.15) is 0 Å². The molecule has 1 aromatic heterocycles. The van der Waals surface area contributed by atoms with Gasteiger partial charge in [-0.1, -0.05) is 0 Å². The highest BCUT2D eigenvalue weighted by molar-refractivity contribution is 5.69. The number of rotatable bonds is 2. The Hall–Kier alpha value is -2.16. The molecule has 0 aromatic carbocycles. The number of carbonyl (C=O) groups excluding carboxylic acids is 1. The van der Waals surface area contributed by atoms with E-state index >= 15 is 0 Å². The number of hydrogen-bond acceptors (Lipinski definition) is 3. The molecular formula is C16H23N3O3. The summed E-state index contributed by atoms with van der Waals surface area (Å²) in [6.07, 6.45) is 5.95. The van der Waals surface area contributed by atoms with Crippen LogP contribution in [0.4, 0.5) is 4.79 Å². The minimum atomic E-state index is -0.553. The van der Waals surface area contributed by atoms with Gasteiger partial charge in [0.2, 0.25) is 0 Å². The molecule has 0 fully saturated rings. The van der Waals surface area contributed by atoms with E-state index in [-0.39, 0.29) is 24.2 Å². The van der Waals surface area contributed by atoms with E-state index in [0.29, 0.717) is 24.9 Å². The van der Waals surface area contributed by atoms with Gasteiger partial charge in [-0.05, 0) is 27.7 Å². The molecule has 0 spiro atoms. The van der Waals surface area contributed by atoms with Gasteiger partial charge in [0.1, 0.15) is 5.60 Å². The first-order chi connectivity index (χ1) is 10.2. The zero-order valence-corrected chi connectivity index (χ0v) is 13.6. The van der Waals surface area contributed by atoms with Crippen molar-refractivity contribution in [2.75, 3.05) is 0 Å². The molecule has 2 rings (SSSR count). The average Bonchev–Trinajstić information content (AvgIpc) is 2.69. The number of nitrogens with one attached hydrogen (secondary N) is 1. The van der Waals surface area contributed by atoms with Crippen molar-refractivity contribution in [3.63, 3.8) is 0 Å². The predicted molar refractivity (Wildman–Crippen MR) is 83.4 cm³/mol. The summed E-state index contributed by atoms with van der Waals surface area (Å²) in [6, 6.07) is -0.0264. The van der Waals surface area contributed by atoms with Crippen molar-refractivity contribution in [1.29, 1.82) is 0 Å². The Kier molecular flexibility index (Phi) is 4.36. The monoisotopic (exact) mass is 305 g/mol. The van der Waals surface area contributed by atoms with Crippen LogP contribution in [0.3, 0.4) is 0 Å². The van der Waals surface area contributed by atoms with Gasteiger partial charge >= 0.3 is 6.09 Å². The number of ether oxygens (including phenoxy) is 1. The van der Waals surface area contributed by atoms with E-state index in [0.717, 1.165) is 5.69 Å². The molecule has 0 unspecified atom stereocenters. The Labute approximate surface area is 130 Å². The Morgan fingerprint density at radius 2 is 2.18 bits per heavy atom. The van der Waals surface area contributed by atoms with Gasteiger partial charge < -0.3 is 9.64 Å². The van der Waals surface area contributed by atoms with Crippen molar-refractivity contribution in [1.82, 2.24) is 14.7 Å². The van der Waals surface area contributed by atoms with Crippen molar-refractivity contribution in [2.45, 2.75) is 65.3 Å². The van der Waals surface area contributed by atoms with Crippen molar-refractivity contribution in [3.05, 3.63) is 21.6 Å². The highest BCUT2D eigenvalue weighted by atomic mass is 16.6. The van der Waals surface area contributed by atoms with Gasteiger partial charge in [-0.25, -0.2) is 4.79 Å². The maximum Gasteiger partial charge on any atom is 0.410 e. The van der Waals surface area contributed by atoms with E-state index in [2.05, 4.69) is 11.0 Å². The number of aryl methyl sites for hydroxylation is 1. The fraction of sp³-hybridized carbons (Fsp3) is 0.625. The lowest BCUT2D eigenvalue weighted by Crippen LogP contribution is -2.46. The number of carbonyl (C=O) groups is 1. The molecule has 1 aliphatic rings. The van der Waals surface area contributed by atoms with Gasteiger partial charge in [0, 0.05) is 24.6 Å². The molecule has 0 bridgehead atoms. The van der Waals surface area contributed by atoms with Crippen molar-refractivity contribution in [2.24, 2.45) is 0 Å². The van der Waals surface area contributed by atoms with E-state index in [1.165, 1.54) is 4.68 Å². The summed E-state index contributed by atoms with van der Waals surface area (Å²) in [7, 11) is 0. The van der Waals surface area contributed by atoms with Gasteiger partial charge in [0.15, 0.2) is 0 Å². The minimum absolute atomic E-state index is 0.0264. The maximum absolute atomic E-state index is 12.4. The maximum atomic E-state index is 12.4. The fourth-order valence-electron chi connectivity index (χ4n) is 2.54. The van der Waals surface area contributed by atoms with E-state index in [4.69, 9.17) is 11.2 Å². The molecule has 22 heavy (non-hydrogen) atoms. The van der Waals surface area contributed by atoms with E-state index in [1.807, 2.05) is 27.7 Å². The summed E-state index contributed by atoms with van der Waals surface area (Å²) in [4.78, 5) is 26.3. The molecule has 2 heterocycles. The van der Waals surface area contributed by atoms with Crippen LogP contribution in [0.1, 0.15) is 45.4 Å². The fourth-order valence-corrected chi connectivity index (χ4v) is 2.54. The Balaban J connectivity index is 2.22. The second kappa shape index (κ2) is 5.91. The third-order valence-electron chi connectivity index (χ3n) is 3.61. The first-order valence-electron chi connectivity index (χ1n) is 7.46. The van der Waals surface area contributed by atoms with Crippen LogP contribution in [-0.2, 0) is 24.2 Å². The van der Waals surface area contributed by atoms with Crippen LogP contribution in [0.5, 0.6) is 0 Å². The molecule has 1 amide bonds. The second-order valence-electron chi connectivity index (χ2n) is 6.64. The number of terminal acetylenes is 1. The van der Waals surface area contributed by atoms with Crippen LogP contribution in [0.25, 0.3) is 0 Å². The first-order valence-corrected chi connectivity index (χ1v) is 7.46. The number of hydrogen-bond donors (Lipinski definition) is 1. The molecule has 1 atom stereocenters. The van der Waals surface area contributed by atoms with Crippen LogP contribution in [0.2, 0.25) is 0 Å². The molecular weight excluding hydrogens is 282 g/mol. The molecule has 120 valence electrons. The number of H-pyrrole nitrogens is 1. The van der Waals surface area contributed by atoms with Gasteiger partial charge in [0.05, 0.1) is 18.7 Å². The average molecular weight is 305 g/mol. The Bertz CT molecular complexity index is 658. The van der Waals surface area contributed by atoms with Crippen molar-refractivity contribution >= 4 is 6.09 Å². The van der Waals surface area contributed by atoms with Crippen LogP contribution >= 0.6 is 0 Å². The lowest BCUT2D eigenvalue weighted by Gasteiger charge is -2.34. The highest BCUT2D eigenvalue weighted by Gasteiger charge is 2.33. The number of aromatic nitrogens is 2. The van der Waals surface area contributed by atoms with Crippen molar-refractivity contribution in [3.8, 4) is 12.3 Å². The molecule has 6 heteroatoms.